The number of aryl methyl sites for hydroxylation is 2. The second kappa shape index (κ2) is 7.35. The quantitative estimate of drug-likeness (QED) is 0.793. The summed E-state index contributed by atoms with van der Waals surface area (Å²) >= 11 is 1.82. The Morgan fingerprint density at radius 2 is 1.89 bits per heavy atom. The first kappa shape index (κ1) is 18.5. The predicted octanol–water partition coefficient (Wildman–Crippen LogP) is 2.36. The van der Waals surface area contributed by atoms with Crippen molar-refractivity contribution in [2.75, 3.05) is 39.3 Å². The fraction of sp³-hybridized carbons (Fsp3) is 0.667. The molecule has 4 heterocycles. The van der Waals surface area contributed by atoms with E-state index in [0.29, 0.717) is 12.5 Å². The average Bonchev–Trinajstić information content (AvgIpc) is 2.99. The van der Waals surface area contributed by atoms with Gasteiger partial charge in [-0.15, -0.1) is 11.3 Å². The van der Waals surface area contributed by atoms with E-state index >= 15 is 0 Å². The molecule has 0 bridgehead atoms. The van der Waals surface area contributed by atoms with Crippen LogP contribution in [0.4, 0.5) is 0 Å². The summed E-state index contributed by atoms with van der Waals surface area (Å²) in [5.74, 6) is 1.15. The van der Waals surface area contributed by atoms with Crippen molar-refractivity contribution in [2.24, 2.45) is 0 Å². The van der Waals surface area contributed by atoms with Crippen LogP contribution in [0.2, 0.25) is 0 Å². The molecule has 1 amide bonds. The minimum Gasteiger partial charge on any atom is -0.339 e. The molecule has 2 aromatic rings. The molecule has 0 radical (unpaired) electrons. The molecule has 0 atom stereocenters. The predicted molar refractivity (Wildman–Crippen MR) is 112 cm³/mol. The monoisotopic (exact) mass is 399 g/mol. The van der Waals surface area contributed by atoms with Gasteiger partial charge in [0.1, 0.15) is 5.82 Å². The Morgan fingerprint density at radius 3 is 2.61 bits per heavy atom. The Hall–Kier alpha value is -1.57. The summed E-state index contributed by atoms with van der Waals surface area (Å²) in [6, 6.07) is 0.793. The number of fused-ring (bicyclic) bond motifs is 3. The molecular weight excluding hydrogens is 370 g/mol. The second-order valence-electron chi connectivity index (χ2n) is 8.50. The third-order valence-electron chi connectivity index (χ3n) is 6.66. The zero-order chi connectivity index (χ0) is 19.3. The fourth-order valence-electron chi connectivity index (χ4n) is 4.80. The summed E-state index contributed by atoms with van der Waals surface area (Å²) < 4.78 is 1.22. The van der Waals surface area contributed by atoms with Crippen LogP contribution in [-0.4, -0.2) is 75.9 Å². The number of nitrogens with zero attached hydrogens (tertiary/aromatic N) is 5. The molecule has 1 saturated carbocycles. The van der Waals surface area contributed by atoms with Gasteiger partial charge in [-0.1, -0.05) is 6.42 Å². The largest absolute Gasteiger partial charge is 0.339 e. The van der Waals surface area contributed by atoms with Crippen molar-refractivity contribution in [1.29, 1.82) is 0 Å². The zero-order valence-electron chi connectivity index (χ0n) is 16.9. The van der Waals surface area contributed by atoms with Gasteiger partial charge >= 0.3 is 0 Å². The summed E-state index contributed by atoms with van der Waals surface area (Å²) in [6.45, 7) is 10.3. The van der Waals surface area contributed by atoms with E-state index in [1.165, 1.54) is 34.4 Å². The molecule has 5 rings (SSSR count). The molecule has 3 aliphatic rings. The minimum absolute atomic E-state index is 0.296. The van der Waals surface area contributed by atoms with Crippen molar-refractivity contribution in [3.05, 3.63) is 22.0 Å². The molecule has 0 unspecified atom stereocenters. The fourth-order valence-corrected chi connectivity index (χ4v) is 6.07. The van der Waals surface area contributed by atoms with Crippen molar-refractivity contribution in [1.82, 2.24) is 24.7 Å². The highest BCUT2D eigenvalue weighted by molar-refractivity contribution is 7.19. The van der Waals surface area contributed by atoms with Crippen LogP contribution in [-0.2, 0) is 17.8 Å². The Labute approximate surface area is 170 Å². The molecular formula is C21H29N5OS. The standard InChI is InChI=1S/C21H29N5OS/c1-14-21-20(23-15(2)22-14)17-6-7-24(12-18(17)28-21)13-19(27)26-10-8-25(9-11-26)16-4-3-5-16/h16H,3-13H2,1-2H3. The number of piperazine rings is 1. The van der Waals surface area contributed by atoms with Gasteiger partial charge < -0.3 is 4.90 Å². The van der Waals surface area contributed by atoms with Gasteiger partial charge in [0.2, 0.25) is 5.91 Å². The van der Waals surface area contributed by atoms with Gasteiger partial charge in [-0.3, -0.25) is 14.6 Å². The topological polar surface area (TPSA) is 52.6 Å². The van der Waals surface area contributed by atoms with Crippen LogP contribution in [0.25, 0.3) is 10.2 Å². The number of carbonyl (C=O) groups is 1. The number of aromatic nitrogens is 2. The zero-order valence-corrected chi connectivity index (χ0v) is 17.7. The number of thiophene rings is 1. The number of rotatable bonds is 3. The first-order valence-electron chi connectivity index (χ1n) is 10.6. The molecule has 2 aromatic heterocycles. The molecule has 7 heteroatoms. The number of hydrogen-bond acceptors (Lipinski definition) is 6. The Bertz CT molecular complexity index is 898. The van der Waals surface area contributed by atoms with E-state index in [4.69, 9.17) is 4.98 Å². The lowest BCUT2D eigenvalue weighted by molar-refractivity contribution is -0.135. The number of amides is 1. The van der Waals surface area contributed by atoms with Gasteiger partial charge in [0.25, 0.3) is 0 Å². The average molecular weight is 400 g/mol. The SMILES string of the molecule is Cc1nc(C)c2sc3c(c2n1)CCN(CC(=O)N1CCN(C2CCC2)CC1)C3. The van der Waals surface area contributed by atoms with E-state index in [2.05, 4.69) is 26.6 Å². The first-order valence-corrected chi connectivity index (χ1v) is 11.4. The molecule has 6 nitrogen and oxygen atoms in total. The molecule has 150 valence electrons. The lowest BCUT2D eigenvalue weighted by Crippen LogP contribution is -2.55. The smallest absolute Gasteiger partial charge is 0.236 e. The Kier molecular flexibility index (Phi) is 4.85. The summed E-state index contributed by atoms with van der Waals surface area (Å²) in [4.78, 5) is 30.4. The van der Waals surface area contributed by atoms with Gasteiger partial charge in [0.15, 0.2) is 0 Å². The Morgan fingerprint density at radius 1 is 1.11 bits per heavy atom. The molecule has 1 saturated heterocycles. The van der Waals surface area contributed by atoms with Crippen molar-refractivity contribution in [3.63, 3.8) is 0 Å². The molecule has 0 N–H and O–H groups in total. The van der Waals surface area contributed by atoms with Crippen molar-refractivity contribution in [3.8, 4) is 0 Å². The third kappa shape index (κ3) is 3.33. The maximum Gasteiger partial charge on any atom is 0.236 e. The molecule has 1 aliphatic carbocycles. The van der Waals surface area contributed by atoms with Crippen LogP contribution in [0.15, 0.2) is 0 Å². The minimum atomic E-state index is 0.296. The molecule has 28 heavy (non-hydrogen) atoms. The maximum absolute atomic E-state index is 12.9. The maximum atomic E-state index is 12.9. The second-order valence-corrected chi connectivity index (χ2v) is 9.61. The van der Waals surface area contributed by atoms with E-state index in [1.54, 1.807) is 0 Å². The van der Waals surface area contributed by atoms with Crippen LogP contribution in [0, 0.1) is 13.8 Å². The molecule has 0 spiro atoms. The highest BCUT2D eigenvalue weighted by atomic mass is 32.1. The van der Waals surface area contributed by atoms with Crippen LogP contribution < -0.4 is 0 Å². The first-order chi connectivity index (χ1) is 13.6. The van der Waals surface area contributed by atoms with Crippen molar-refractivity contribution in [2.45, 2.75) is 52.1 Å². The lowest BCUT2D eigenvalue weighted by atomic mass is 9.91. The van der Waals surface area contributed by atoms with E-state index in [1.807, 2.05) is 18.3 Å². The highest BCUT2D eigenvalue weighted by Crippen LogP contribution is 2.35. The van der Waals surface area contributed by atoms with Crippen LogP contribution in [0.5, 0.6) is 0 Å². The summed E-state index contributed by atoms with van der Waals surface area (Å²) in [6.07, 6.45) is 5.06. The van der Waals surface area contributed by atoms with E-state index in [0.717, 1.165) is 68.8 Å². The van der Waals surface area contributed by atoms with Crippen LogP contribution >= 0.6 is 11.3 Å². The Balaban J connectivity index is 1.22. The van der Waals surface area contributed by atoms with Gasteiger partial charge in [-0.25, -0.2) is 9.97 Å². The summed E-state index contributed by atoms with van der Waals surface area (Å²) in [7, 11) is 0. The van der Waals surface area contributed by atoms with Gasteiger partial charge in [0, 0.05) is 50.2 Å². The lowest BCUT2D eigenvalue weighted by Gasteiger charge is -2.43. The van der Waals surface area contributed by atoms with Gasteiger partial charge in [-0.2, -0.15) is 0 Å². The molecule has 2 fully saturated rings. The van der Waals surface area contributed by atoms with Crippen molar-refractivity contribution < 1.29 is 4.79 Å². The molecule has 0 aromatic carbocycles. The van der Waals surface area contributed by atoms with Gasteiger partial charge in [0.05, 0.1) is 22.5 Å². The summed E-state index contributed by atoms with van der Waals surface area (Å²) in [5, 5.41) is 0. The molecule has 2 aliphatic heterocycles. The summed E-state index contributed by atoms with van der Waals surface area (Å²) in [5.41, 5.74) is 3.60. The van der Waals surface area contributed by atoms with Crippen molar-refractivity contribution >= 4 is 27.5 Å². The third-order valence-corrected chi connectivity index (χ3v) is 7.97. The number of hydrogen-bond donors (Lipinski definition) is 0. The highest BCUT2D eigenvalue weighted by Gasteiger charge is 2.30. The van der Waals surface area contributed by atoms with E-state index < -0.39 is 0 Å². The van der Waals surface area contributed by atoms with Crippen LogP contribution in [0.1, 0.15) is 41.2 Å². The van der Waals surface area contributed by atoms with E-state index in [9.17, 15) is 4.79 Å². The number of carbonyl (C=O) groups excluding carboxylic acids is 1. The normalized spacial score (nSPS) is 21.7. The van der Waals surface area contributed by atoms with E-state index in [-0.39, 0.29) is 0 Å². The van der Waals surface area contributed by atoms with Crippen LogP contribution in [0.3, 0.4) is 0 Å². The van der Waals surface area contributed by atoms with Gasteiger partial charge in [-0.05, 0) is 38.7 Å².